The zero-order chi connectivity index (χ0) is 16.7. The highest BCUT2D eigenvalue weighted by atomic mass is 16.4. The highest BCUT2D eigenvalue weighted by molar-refractivity contribution is 5.87. The van der Waals surface area contributed by atoms with Crippen LogP contribution in [-0.2, 0) is 0 Å². The average molecular weight is 324 g/mol. The molecule has 2 N–H and O–H groups in total. The van der Waals surface area contributed by atoms with Gasteiger partial charge in [0.25, 0.3) is 0 Å². The van der Waals surface area contributed by atoms with E-state index in [0.717, 1.165) is 5.56 Å². The van der Waals surface area contributed by atoms with Crippen LogP contribution in [0.5, 0.6) is 0 Å². The number of carboxylic acids is 1. The topological polar surface area (TPSA) is 91.0 Å². The molecule has 2 aromatic heterocycles. The van der Waals surface area contributed by atoms with E-state index in [0.29, 0.717) is 24.7 Å². The molecule has 0 radical (unpaired) electrons. The number of benzene rings is 1. The molecule has 4 rings (SSSR count). The van der Waals surface area contributed by atoms with Gasteiger partial charge in [-0.05, 0) is 5.56 Å². The standard InChI is InChI=1S/C17H16N4O3/c22-14-10-20(9-12(14)11-4-2-1-3-5-11)17-19-13(16(23)24)8-15-18-6-7-21(15)17/h1-8,12,14,22H,9-10H2,(H,23,24)/t12-,14+/m0/s1. The summed E-state index contributed by atoms with van der Waals surface area (Å²) in [6, 6.07) is 11.3. The summed E-state index contributed by atoms with van der Waals surface area (Å²) in [5, 5.41) is 19.7. The van der Waals surface area contributed by atoms with Crippen molar-refractivity contribution in [2.75, 3.05) is 18.0 Å². The van der Waals surface area contributed by atoms with E-state index >= 15 is 0 Å². The molecular weight excluding hydrogens is 308 g/mol. The van der Waals surface area contributed by atoms with E-state index in [9.17, 15) is 15.0 Å². The summed E-state index contributed by atoms with van der Waals surface area (Å²) in [6.07, 6.45) is 2.81. The lowest BCUT2D eigenvalue weighted by atomic mass is 9.96. The maximum atomic E-state index is 11.3. The number of imidazole rings is 1. The number of hydrogen-bond donors (Lipinski definition) is 2. The van der Waals surface area contributed by atoms with Gasteiger partial charge < -0.3 is 15.1 Å². The lowest BCUT2D eigenvalue weighted by molar-refractivity contribution is 0.0690. The molecule has 3 aromatic rings. The summed E-state index contributed by atoms with van der Waals surface area (Å²) in [5.41, 5.74) is 1.53. The average Bonchev–Trinajstić information content (AvgIpc) is 3.21. The predicted molar refractivity (Wildman–Crippen MR) is 87.3 cm³/mol. The SMILES string of the molecule is O=C(O)c1cc2nccn2c(N2C[C@@H](O)[C@H](c3ccccc3)C2)n1. The van der Waals surface area contributed by atoms with Gasteiger partial charge in [-0.1, -0.05) is 30.3 Å². The minimum Gasteiger partial charge on any atom is -0.477 e. The molecule has 0 saturated carbocycles. The number of carbonyl (C=O) groups is 1. The van der Waals surface area contributed by atoms with Crippen LogP contribution >= 0.6 is 0 Å². The number of aromatic nitrogens is 3. The van der Waals surface area contributed by atoms with E-state index < -0.39 is 12.1 Å². The number of aliphatic hydroxyl groups is 1. The molecule has 1 aromatic carbocycles. The van der Waals surface area contributed by atoms with E-state index in [1.165, 1.54) is 6.07 Å². The summed E-state index contributed by atoms with van der Waals surface area (Å²) >= 11 is 0. The summed E-state index contributed by atoms with van der Waals surface area (Å²) in [7, 11) is 0. The van der Waals surface area contributed by atoms with Crippen molar-refractivity contribution < 1.29 is 15.0 Å². The lowest BCUT2D eigenvalue weighted by Gasteiger charge is -2.19. The Balaban J connectivity index is 1.73. The van der Waals surface area contributed by atoms with Crippen LogP contribution in [0.15, 0.2) is 48.8 Å². The lowest BCUT2D eigenvalue weighted by Crippen LogP contribution is -2.25. The van der Waals surface area contributed by atoms with Gasteiger partial charge in [0.1, 0.15) is 5.65 Å². The summed E-state index contributed by atoms with van der Waals surface area (Å²) in [5.74, 6) is -0.652. The number of carboxylic acid groups (broad SMARTS) is 1. The number of β-amino-alcohol motifs (C(OH)–C–C–N with tert-alkyl or cyclic N) is 1. The zero-order valence-electron chi connectivity index (χ0n) is 12.8. The van der Waals surface area contributed by atoms with Gasteiger partial charge >= 0.3 is 5.97 Å². The van der Waals surface area contributed by atoms with Crippen LogP contribution in [0.3, 0.4) is 0 Å². The van der Waals surface area contributed by atoms with Crippen molar-refractivity contribution in [3.05, 3.63) is 60.0 Å². The van der Waals surface area contributed by atoms with E-state index in [1.54, 1.807) is 16.8 Å². The number of anilines is 1. The van der Waals surface area contributed by atoms with Crippen molar-refractivity contribution in [3.8, 4) is 0 Å². The molecule has 1 saturated heterocycles. The molecule has 1 aliphatic heterocycles. The van der Waals surface area contributed by atoms with E-state index in [-0.39, 0.29) is 11.6 Å². The quantitative estimate of drug-likeness (QED) is 0.756. The Morgan fingerprint density at radius 2 is 2.00 bits per heavy atom. The van der Waals surface area contributed by atoms with Crippen LogP contribution < -0.4 is 4.90 Å². The molecule has 24 heavy (non-hydrogen) atoms. The van der Waals surface area contributed by atoms with Crippen molar-refractivity contribution in [2.24, 2.45) is 0 Å². The third kappa shape index (κ3) is 2.39. The molecule has 1 aliphatic rings. The third-order valence-corrected chi connectivity index (χ3v) is 4.39. The molecule has 0 spiro atoms. The predicted octanol–water partition coefficient (Wildman–Crippen LogP) is 1.39. The second-order valence-corrected chi connectivity index (χ2v) is 5.89. The Morgan fingerprint density at radius 3 is 2.75 bits per heavy atom. The van der Waals surface area contributed by atoms with Crippen molar-refractivity contribution in [1.82, 2.24) is 14.4 Å². The van der Waals surface area contributed by atoms with E-state index in [1.807, 2.05) is 35.2 Å². The van der Waals surface area contributed by atoms with Gasteiger partial charge in [-0.3, -0.25) is 4.40 Å². The summed E-state index contributed by atoms with van der Waals surface area (Å²) < 4.78 is 1.74. The van der Waals surface area contributed by atoms with Crippen LogP contribution in [-0.4, -0.2) is 49.7 Å². The van der Waals surface area contributed by atoms with Crippen molar-refractivity contribution in [2.45, 2.75) is 12.0 Å². The largest absolute Gasteiger partial charge is 0.477 e. The number of hydrogen-bond acceptors (Lipinski definition) is 5. The second kappa shape index (κ2) is 5.61. The fourth-order valence-electron chi connectivity index (χ4n) is 3.22. The van der Waals surface area contributed by atoms with Crippen LogP contribution in [0.1, 0.15) is 22.0 Å². The molecule has 0 aliphatic carbocycles. The molecule has 7 heteroatoms. The first-order valence-corrected chi connectivity index (χ1v) is 7.69. The minimum atomic E-state index is -1.10. The first kappa shape index (κ1) is 14.6. The summed E-state index contributed by atoms with van der Waals surface area (Å²) in [6.45, 7) is 0.956. The summed E-state index contributed by atoms with van der Waals surface area (Å²) in [4.78, 5) is 21.6. The first-order valence-electron chi connectivity index (χ1n) is 7.69. The first-order chi connectivity index (χ1) is 11.6. The molecule has 122 valence electrons. The molecule has 7 nitrogen and oxygen atoms in total. The van der Waals surface area contributed by atoms with Crippen LogP contribution in [0, 0.1) is 0 Å². The highest BCUT2D eigenvalue weighted by Gasteiger charge is 2.34. The van der Waals surface area contributed by atoms with Gasteiger partial charge in [-0.25, -0.2) is 14.8 Å². The number of aromatic carboxylic acids is 1. The zero-order valence-corrected chi connectivity index (χ0v) is 12.8. The minimum absolute atomic E-state index is 0.0416. The second-order valence-electron chi connectivity index (χ2n) is 5.89. The van der Waals surface area contributed by atoms with Gasteiger partial charge in [-0.15, -0.1) is 0 Å². The van der Waals surface area contributed by atoms with Gasteiger partial charge in [0.05, 0.1) is 6.10 Å². The van der Waals surface area contributed by atoms with Crippen molar-refractivity contribution in [3.63, 3.8) is 0 Å². The highest BCUT2D eigenvalue weighted by Crippen LogP contribution is 2.30. The number of nitrogens with zero attached hydrogens (tertiary/aromatic N) is 4. The molecule has 0 unspecified atom stereocenters. The molecule has 2 atom stereocenters. The maximum Gasteiger partial charge on any atom is 0.354 e. The Hall–Kier alpha value is -2.93. The van der Waals surface area contributed by atoms with E-state index in [4.69, 9.17) is 0 Å². The van der Waals surface area contributed by atoms with Crippen molar-refractivity contribution in [1.29, 1.82) is 0 Å². The molecule has 0 bridgehead atoms. The molecule has 0 amide bonds. The van der Waals surface area contributed by atoms with Gasteiger partial charge in [0, 0.05) is 37.5 Å². The molecule has 3 heterocycles. The smallest absolute Gasteiger partial charge is 0.354 e. The normalized spacial score (nSPS) is 20.6. The number of fused-ring (bicyclic) bond motifs is 1. The Bertz CT molecular complexity index is 893. The van der Waals surface area contributed by atoms with Gasteiger partial charge in [0.2, 0.25) is 5.95 Å². The fourth-order valence-corrected chi connectivity index (χ4v) is 3.22. The van der Waals surface area contributed by atoms with Gasteiger partial charge in [-0.2, -0.15) is 0 Å². The Morgan fingerprint density at radius 1 is 1.21 bits per heavy atom. The maximum absolute atomic E-state index is 11.3. The van der Waals surface area contributed by atoms with Crippen LogP contribution in [0.4, 0.5) is 5.95 Å². The van der Waals surface area contributed by atoms with Crippen LogP contribution in [0.2, 0.25) is 0 Å². The molecule has 1 fully saturated rings. The monoisotopic (exact) mass is 324 g/mol. The fraction of sp³-hybridized carbons (Fsp3) is 0.235. The van der Waals surface area contributed by atoms with Crippen molar-refractivity contribution >= 4 is 17.6 Å². The Kier molecular flexibility index (Phi) is 3.42. The molecular formula is C17H16N4O3. The van der Waals surface area contributed by atoms with Gasteiger partial charge in [0.15, 0.2) is 5.69 Å². The number of rotatable bonds is 3. The Labute approximate surface area is 137 Å². The van der Waals surface area contributed by atoms with Crippen LogP contribution in [0.25, 0.3) is 5.65 Å². The number of aliphatic hydroxyl groups excluding tert-OH is 1. The van der Waals surface area contributed by atoms with E-state index in [2.05, 4.69) is 9.97 Å². The third-order valence-electron chi connectivity index (χ3n) is 4.39.